The summed E-state index contributed by atoms with van der Waals surface area (Å²) in [6, 6.07) is 14.1. The minimum atomic E-state index is -0.366. The van der Waals surface area contributed by atoms with Crippen molar-refractivity contribution in [2.24, 2.45) is 0 Å². The third kappa shape index (κ3) is 5.18. The molecule has 0 unspecified atom stereocenters. The van der Waals surface area contributed by atoms with Crippen LogP contribution in [0.2, 0.25) is 0 Å². The highest BCUT2D eigenvalue weighted by molar-refractivity contribution is 6.10. The Hall–Kier alpha value is -4.00. The summed E-state index contributed by atoms with van der Waals surface area (Å²) >= 11 is 0. The van der Waals surface area contributed by atoms with Crippen molar-refractivity contribution in [3.63, 3.8) is 0 Å². The standard InChI is InChI=1S/C25H26N4O3/c1-16-7-6-10-21(18(16)3)27-22(30)15-29(4)25(32)20-9-5-8-17(2)23(20)28-24(31)19-11-13-26-14-12-19/h5-14H,15H2,1-4H3,(H,27,30)(H,28,31). The van der Waals surface area contributed by atoms with E-state index in [0.29, 0.717) is 16.8 Å². The summed E-state index contributed by atoms with van der Waals surface area (Å²) in [5, 5.41) is 5.68. The van der Waals surface area contributed by atoms with Crippen LogP contribution in [0.4, 0.5) is 11.4 Å². The van der Waals surface area contributed by atoms with Gasteiger partial charge in [-0.05, 0) is 61.7 Å². The largest absolute Gasteiger partial charge is 0.332 e. The molecule has 1 heterocycles. The van der Waals surface area contributed by atoms with Crippen LogP contribution >= 0.6 is 0 Å². The van der Waals surface area contributed by atoms with Gasteiger partial charge in [0.05, 0.1) is 17.8 Å². The van der Waals surface area contributed by atoms with Gasteiger partial charge in [0.15, 0.2) is 0 Å². The molecule has 0 spiro atoms. The molecular formula is C25H26N4O3. The first-order chi connectivity index (χ1) is 15.3. The van der Waals surface area contributed by atoms with Gasteiger partial charge in [0.25, 0.3) is 11.8 Å². The smallest absolute Gasteiger partial charge is 0.256 e. The molecule has 0 fully saturated rings. The van der Waals surface area contributed by atoms with E-state index in [9.17, 15) is 14.4 Å². The number of nitrogens with zero attached hydrogens (tertiary/aromatic N) is 2. The summed E-state index contributed by atoms with van der Waals surface area (Å²) in [7, 11) is 1.56. The lowest BCUT2D eigenvalue weighted by Crippen LogP contribution is -2.35. The Morgan fingerprint density at radius 2 is 1.53 bits per heavy atom. The van der Waals surface area contributed by atoms with Gasteiger partial charge in [-0.25, -0.2) is 0 Å². The number of rotatable bonds is 6. The maximum atomic E-state index is 13.1. The number of pyridine rings is 1. The SMILES string of the molecule is Cc1cccc(NC(=O)CN(C)C(=O)c2cccc(C)c2NC(=O)c2ccncc2)c1C. The Kier molecular flexibility index (Phi) is 7.00. The number of nitrogens with one attached hydrogen (secondary N) is 2. The number of aryl methyl sites for hydroxylation is 2. The van der Waals surface area contributed by atoms with Gasteiger partial charge in [0.1, 0.15) is 0 Å². The molecule has 32 heavy (non-hydrogen) atoms. The average Bonchev–Trinajstić information content (AvgIpc) is 2.78. The van der Waals surface area contributed by atoms with Crippen LogP contribution in [0.3, 0.4) is 0 Å². The molecule has 1 aromatic heterocycles. The molecule has 0 bridgehead atoms. The first kappa shape index (κ1) is 22.7. The molecule has 2 N–H and O–H groups in total. The lowest BCUT2D eigenvalue weighted by molar-refractivity contribution is -0.116. The molecule has 3 aromatic rings. The Labute approximate surface area is 187 Å². The number of hydrogen-bond donors (Lipinski definition) is 2. The lowest BCUT2D eigenvalue weighted by Gasteiger charge is -2.20. The number of carbonyl (C=O) groups is 3. The predicted octanol–water partition coefficient (Wildman–Crippen LogP) is 3.97. The van der Waals surface area contributed by atoms with E-state index in [1.165, 1.54) is 17.3 Å². The number of hydrogen-bond acceptors (Lipinski definition) is 4. The summed E-state index contributed by atoms with van der Waals surface area (Å²) in [4.78, 5) is 43.5. The molecule has 2 aromatic carbocycles. The predicted molar refractivity (Wildman–Crippen MR) is 125 cm³/mol. The fourth-order valence-electron chi connectivity index (χ4n) is 3.27. The number of para-hydroxylation sites is 1. The van der Waals surface area contributed by atoms with Gasteiger partial charge in [-0.15, -0.1) is 0 Å². The summed E-state index contributed by atoms with van der Waals surface area (Å²) in [5.41, 5.74) is 4.68. The molecule has 3 amide bonds. The zero-order valence-electron chi connectivity index (χ0n) is 18.6. The van der Waals surface area contributed by atoms with E-state index in [2.05, 4.69) is 15.6 Å². The number of carbonyl (C=O) groups excluding carboxylic acids is 3. The van der Waals surface area contributed by atoms with Gasteiger partial charge in [-0.1, -0.05) is 24.3 Å². The van der Waals surface area contributed by atoms with E-state index >= 15 is 0 Å². The van der Waals surface area contributed by atoms with E-state index in [-0.39, 0.29) is 24.3 Å². The van der Waals surface area contributed by atoms with Crippen LogP contribution in [0, 0.1) is 20.8 Å². The van der Waals surface area contributed by atoms with Crippen LogP contribution in [0.5, 0.6) is 0 Å². The molecule has 0 radical (unpaired) electrons. The minimum Gasteiger partial charge on any atom is -0.332 e. The van der Waals surface area contributed by atoms with Crippen LogP contribution in [0.1, 0.15) is 37.4 Å². The highest BCUT2D eigenvalue weighted by atomic mass is 16.2. The summed E-state index contributed by atoms with van der Waals surface area (Å²) < 4.78 is 0. The fraction of sp³-hybridized carbons (Fsp3) is 0.200. The van der Waals surface area contributed by atoms with Crippen LogP contribution in [0.15, 0.2) is 60.9 Å². The normalized spacial score (nSPS) is 10.4. The number of aromatic nitrogens is 1. The quantitative estimate of drug-likeness (QED) is 0.619. The average molecular weight is 431 g/mol. The van der Waals surface area contributed by atoms with Gasteiger partial charge in [-0.3, -0.25) is 19.4 Å². The van der Waals surface area contributed by atoms with Gasteiger partial charge in [-0.2, -0.15) is 0 Å². The first-order valence-corrected chi connectivity index (χ1v) is 10.2. The van der Waals surface area contributed by atoms with Crippen molar-refractivity contribution in [2.75, 3.05) is 24.2 Å². The molecule has 3 rings (SSSR count). The highest BCUT2D eigenvalue weighted by Crippen LogP contribution is 2.23. The van der Waals surface area contributed by atoms with Crippen molar-refractivity contribution in [1.82, 2.24) is 9.88 Å². The van der Waals surface area contributed by atoms with Gasteiger partial charge >= 0.3 is 0 Å². The monoisotopic (exact) mass is 430 g/mol. The molecule has 0 aliphatic carbocycles. The van der Waals surface area contributed by atoms with Gasteiger partial charge in [0, 0.05) is 30.7 Å². The molecule has 0 saturated carbocycles. The Morgan fingerprint density at radius 3 is 2.25 bits per heavy atom. The number of amides is 3. The van der Waals surface area contributed by atoms with E-state index in [1.807, 2.05) is 45.0 Å². The van der Waals surface area contributed by atoms with Crippen molar-refractivity contribution < 1.29 is 14.4 Å². The van der Waals surface area contributed by atoms with Crippen molar-refractivity contribution in [3.8, 4) is 0 Å². The molecular weight excluding hydrogens is 404 g/mol. The first-order valence-electron chi connectivity index (χ1n) is 10.2. The second-order valence-corrected chi connectivity index (χ2v) is 7.64. The van der Waals surface area contributed by atoms with Crippen LogP contribution < -0.4 is 10.6 Å². The molecule has 0 atom stereocenters. The molecule has 0 aliphatic heterocycles. The van der Waals surface area contributed by atoms with Crippen molar-refractivity contribution in [3.05, 3.63) is 88.7 Å². The summed E-state index contributed by atoms with van der Waals surface area (Å²) in [6.45, 7) is 5.59. The van der Waals surface area contributed by atoms with Crippen molar-refractivity contribution in [2.45, 2.75) is 20.8 Å². The van der Waals surface area contributed by atoms with Crippen molar-refractivity contribution >= 4 is 29.1 Å². The number of likely N-dealkylation sites (N-methyl/N-ethyl adjacent to an activating group) is 1. The van der Waals surface area contributed by atoms with E-state index in [4.69, 9.17) is 0 Å². The molecule has 7 nitrogen and oxygen atoms in total. The highest BCUT2D eigenvalue weighted by Gasteiger charge is 2.21. The lowest BCUT2D eigenvalue weighted by atomic mass is 10.1. The Balaban J connectivity index is 1.75. The van der Waals surface area contributed by atoms with E-state index in [1.54, 1.807) is 31.3 Å². The van der Waals surface area contributed by atoms with E-state index in [0.717, 1.165) is 22.4 Å². The molecule has 0 saturated heterocycles. The summed E-state index contributed by atoms with van der Waals surface area (Å²) in [5.74, 6) is -1.01. The zero-order valence-corrected chi connectivity index (χ0v) is 18.6. The maximum absolute atomic E-state index is 13.1. The number of benzene rings is 2. The van der Waals surface area contributed by atoms with Crippen molar-refractivity contribution in [1.29, 1.82) is 0 Å². The van der Waals surface area contributed by atoms with Crippen LogP contribution in [0.25, 0.3) is 0 Å². The van der Waals surface area contributed by atoms with Gasteiger partial charge < -0.3 is 15.5 Å². The molecule has 7 heteroatoms. The third-order valence-corrected chi connectivity index (χ3v) is 5.29. The minimum absolute atomic E-state index is 0.127. The fourth-order valence-corrected chi connectivity index (χ4v) is 3.27. The van der Waals surface area contributed by atoms with Gasteiger partial charge in [0.2, 0.25) is 5.91 Å². The molecule has 164 valence electrons. The molecule has 0 aliphatic rings. The van der Waals surface area contributed by atoms with Crippen LogP contribution in [-0.2, 0) is 4.79 Å². The third-order valence-electron chi connectivity index (χ3n) is 5.29. The Morgan fingerprint density at radius 1 is 0.875 bits per heavy atom. The zero-order chi connectivity index (χ0) is 23.3. The summed E-state index contributed by atoms with van der Waals surface area (Å²) in [6.07, 6.45) is 3.06. The second-order valence-electron chi connectivity index (χ2n) is 7.64. The number of anilines is 2. The Bertz CT molecular complexity index is 1160. The maximum Gasteiger partial charge on any atom is 0.256 e. The van der Waals surface area contributed by atoms with E-state index < -0.39 is 0 Å². The second kappa shape index (κ2) is 9.87. The van der Waals surface area contributed by atoms with Crippen LogP contribution in [-0.4, -0.2) is 41.2 Å². The topological polar surface area (TPSA) is 91.4 Å².